The molecule has 0 aliphatic carbocycles. The maximum absolute atomic E-state index is 10.9. The maximum atomic E-state index is 10.9. The largest absolute Gasteiger partial charge is 0.366 e. The maximum Gasteiger partial charge on any atom is 0.248 e. The van der Waals surface area contributed by atoms with Gasteiger partial charge in [-0.1, -0.05) is 54.6 Å². The first-order chi connectivity index (χ1) is 8.25. The van der Waals surface area contributed by atoms with Gasteiger partial charge in [-0.25, -0.2) is 0 Å². The lowest BCUT2D eigenvalue weighted by molar-refractivity contribution is 0.100. The molecule has 2 N–H and O–H groups in total. The quantitative estimate of drug-likeness (QED) is 0.799. The molecule has 1 amide bonds. The van der Waals surface area contributed by atoms with Gasteiger partial charge in [-0.3, -0.25) is 4.79 Å². The first-order valence-electron chi connectivity index (χ1n) is 5.39. The van der Waals surface area contributed by atoms with E-state index < -0.39 is 5.91 Å². The summed E-state index contributed by atoms with van der Waals surface area (Å²) in [7, 11) is 0. The van der Waals surface area contributed by atoms with Crippen LogP contribution in [-0.2, 0) is 0 Å². The number of amides is 1. The number of primary amides is 1. The minimum atomic E-state index is -0.399. The van der Waals surface area contributed by atoms with Gasteiger partial charge in [0.25, 0.3) is 0 Å². The third-order valence-electron chi connectivity index (χ3n) is 2.46. The second-order valence-electron chi connectivity index (χ2n) is 3.73. The minimum absolute atomic E-state index is 0.399. The number of benzene rings is 2. The van der Waals surface area contributed by atoms with E-state index in [2.05, 4.69) is 0 Å². The van der Waals surface area contributed by atoms with Crippen molar-refractivity contribution in [2.45, 2.75) is 0 Å². The Labute approximate surface area is 100 Å². The summed E-state index contributed by atoms with van der Waals surface area (Å²) in [5.41, 5.74) is 7.89. The second kappa shape index (κ2) is 5.12. The molecule has 2 aromatic carbocycles. The van der Waals surface area contributed by atoms with E-state index in [4.69, 9.17) is 5.73 Å². The van der Waals surface area contributed by atoms with Gasteiger partial charge in [-0.05, 0) is 23.3 Å². The van der Waals surface area contributed by atoms with Gasteiger partial charge in [0.05, 0.1) is 0 Å². The highest BCUT2D eigenvalue weighted by Gasteiger charge is 1.97. The normalized spacial score (nSPS) is 10.6. The number of hydrogen-bond donors (Lipinski definition) is 1. The van der Waals surface area contributed by atoms with Gasteiger partial charge >= 0.3 is 0 Å². The first kappa shape index (κ1) is 11.1. The van der Waals surface area contributed by atoms with Crippen molar-refractivity contribution in [2.75, 3.05) is 0 Å². The van der Waals surface area contributed by atoms with Crippen LogP contribution in [0.4, 0.5) is 0 Å². The molecular weight excluding hydrogens is 210 g/mol. The average Bonchev–Trinajstić information content (AvgIpc) is 2.38. The summed E-state index contributed by atoms with van der Waals surface area (Å²) in [5, 5.41) is 0. The van der Waals surface area contributed by atoms with Crippen molar-refractivity contribution in [1.82, 2.24) is 0 Å². The Kier molecular flexibility index (Phi) is 3.36. The molecule has 84 valence electrons. The van der Waals surface area contributed by atoms with Crippen molar-refractivity contribution >= 4 is 18.1 Å². The molecule has 0 heterocycles. The highest BCUT2D eigenvalue weighted by Crippen LogP contribution is 2.09. The van der Waals surface area contributed by atoms with Gasteiger partial charge in [0.2, 0.25) is 5.91 Å². The Bertz CT molecular complexity index is 527. The van der Waals surface area contributed by atoms with Crippen LogP contribution >= 0.6 is 0 Å². The molecule has 0 spiro atoms. The van der Waals surface area contributed by atoms with Gasteiger partial charge < -0.3 is 5.73 Å². The predicted octanol–water partition coefficient (Wildman–Crippen LogP) is 2.96. The highest BCUT2D eigenvalue weighted by molar-refractivity contribution is 5.93. The smallest absolute Gasteiger partial charge is 0.248 e. The summed E-state index contributed by atoms with van der Waals surface area (Å²) in [6, 6.07) is 17.3. The third-order valence-corrected chi connectivity index (χ3v) is 2.46. The molecule has 0 aliphatic rings. The van der Waals surface area contributed by atoms with Gasteiger partial charge in [0.15, 0.2) is 0 Å². The van der Waals surface area contributed by atoms with Gasteiger partial charge in [-0.2, -0.15) is 0 Å². The summed E-state index contributed by atoms with van der Waals surface area (Å²) in [4.78, 5) is 10.9. The van der Waals surface area contributed by atoms with E-state index in [0.717, 1.165) is 11.1 Å². The van der Waals surface area contributed by atoms with Crippen molar-refractivity contribution < 1.29 is 4.79 Å². The number of carbonyl (C=O) groups is 1. The fraction of sp³-hybridized carbons (Fsp3) is 0. The summed E-state index contributed by atoms with van der Waals surface area (Å²) in [5.74, 6) is -0.399. The van der Waals surface area contributed by atoms with E-state index in [9.17, 15) is 4.79 Å². The zero-order valence-electron chi connectivity index (χ0n) is 9.34. The summed E-state index contributed by atoms with van der Waals surface area (Å²) in [6.07, 6.45) is 4.03. The molecule has 0 saturated carbocycles. The molecule has 2 rings (SSSR count). The lowest BCUT2D eigenvalue weighted by Gasteiger charge is -1.97. The predicted molar refractivity (Wildman–Crippen MR) is 70.3 cm³/mol. The van der Waals surface area contributed by atoms with E-state index >= 15 is 0 Å². The Hall–Kier alpha value is -2.35. The van der Waals surface area contributed by atoms with Crippen molar-refractivity contribution in [3.8, 4) is 0 Å². The minimum Gasteiger partial charge on any atom is -0.366 e. The number of rotatable bonds is 3. The van der Waals surface area contributed by atoms with Crippen molar-refractivity contribution in [3.63, 3.8) is 0 Å². The zero-order chi connectivity index (χ0) is 12.1. The molecule has 0 fully saturated rings. The van der Waals surface area contributed by atoms with Crippen molar-refractivity contribution in [2.24, 2.45) is 5.73 Å². The lowest BCUT2D eigenvalue weighted by Crippen LogP contribution is -2.10. The fourth-order valence-electron chi connectivity index (χ4n) is 1.52. The van der Waals surface area contributed by atoms with Crippen molar-refractivity contribution in [3.05, 3.63) is 71.3 Å². The molecule has 0 aliphatic heterocycles. The molecule has 0 saturated heterocycles. The highest BCUT2D eigenvalue weighted by atomic mass is 16.1. The van der Waals surface area contributed by atoms with Crippen LogP contribution in [0.2, 0.25) is 0 Å². The zero-order valence-corrected chi connectivity index (χ0v) is 9.34. The Morgan fingerprint density at radius 3 is 1.88 bits per heavy atom. The molecule has 2 heteroatoms. The number of nitrogens with two attached hydrogens (primary N) is 1. The molecule has 17 heavy (non-hydrogen) atoms. The standard InChI is InChI=1S/C15H13NO/c16-15(17)14-10-8-13(9-11-14)7-6-12-4-2-1-3-5-12/h1-11H,(H2,16,17)/b7-6-. The molecule has 0 aromatic heterocycles. The summed E-state index contributed by atoms with van der Waals surface area (Å²) < 4.78 is 0. The van der Waals surface area contributed by atoms with Crippen LogP contribution in [0.25, 0.3) is 12.2 Å². The Balaban J connectivity index is 2.14. The SMILES string of the molecule is NC(=O)c1ccc(/C=C\c2ccccc2)cc1. The summed E-state index contributed by atoms with van der Waals surface area (Å²) in [6.45, 7) is 0. The average molecular weight is 223 g/mol. The van der Waals surface area contributed by atoms with Gasteiger partial charge in [0, 0.05) is 5.56 Å². The number of carbonyl (C=O) groups excluding carboxylic acids is 1. The van der Waals surface area contributed by atoms with Crippen LogP contribution in [0.15, 0.2) is 54.6 Å². The summed E-state index contributed by atoms with van der Waals surface area (Å²) >= 11 is 0. The molecule has 2 nitrogen and oxygen atoms in total. The van der Waals surface area contributed by atoms with Gasteiger partial charge in [-0.15, -0.1) is 0 Å². The second-order valence-corrected chi connectivity index (χ2v) is 3.73. The number of hydrogen-bond acceptors (Lipinski definition) is 1. The van der Waals surface area contributed by atoms with E-state index in [1.54, 1.807) is 12.1 Å². The van der Waals surface area contributed by atoms with Crippen LogP contribution in [0.5, 0.6) is 0 Å². The fourth-order valence-corrected chi connectivity index (χ4v) is 1.52. The molecule has 2 aromatic rings. The van der Waals surface area contributed by atoms with Crippen LogP contribution in [-0.4, -0.2) is 5.91 Å². The topological polar surface area (TPSA) is 43.1 Å². The molecule has 0 radical (unpaired) electrons. The Morgan fingerprint density at radius 2 is 1.35 bits per heavy atom. The van der Waals surface area contributed by atoms with Crippen LogP contribution in [0, 0.1) is 0 Å². The first-order valence-corrected chi connectivity index (χ1v) is 5.39. The monoisotopic (exact) mass is 223 g/mol. The lowest BCUT2D eigenvalue weighted by atomic mass is 10.1. The molecule has 0 atom stereocenters. The van der Waals surface area contributed by atoms with Gasteiger partial charge in [0.1, 0.15) is 0 Å². The van der Waals surface area contributed by atoms with Crippen LogP contribution in [0.1, 0.15) is 21.5 Å². The van der Waals surface area contributed by atoms with Crippen molar-refractivity contribution in [1.29, 1.82) is 0 Å². The van der Waals surface area contributed by atoms with E-state index in [-0.39, 0.29) is 0 Å². The van der Waals surface area contributed by atoms with Crippen LogP contribution < -0.4 is 5.73 Å². The van der Waals surface area contributed by atoms with Crippen LogP contribution in [0.3, 0.4) is 0 Å². The molecule has 0 bridgehead atoms. The van der Waals surface area contributed by atoms with E-state index in [1.807, 2.05) is 54.6 Å². The van der Waals surface area contributed by atoms with E-state index in [1.165, 1.54) is 0 Å². The van der Waals surface area contributed by atoms with E-state index in [0.29, 0.717) is 5.56 Å². The molecule has 0 unspecified atom stereocenters. The Morgan fingerprint density at radius 1 is 0.824 bits per heavy atom. The third kappa shape index (κ3) is 3.05. The molecular formula is C15H13NO.